The number of hydrogen-bond acceptors (Lipinski definition) is 3. The highest BCUT2D eigenvalue weighted by atomic mass is 35.5. The van der Waals surface area contributed by atoms with Gasteiger partial charge in [0.05, 0.1) is 7.11 Å². The van der Waals surface area contributed by atoms with Crippen molar-refractivity contribution in [3.8, 4) is 5.75 Å². The van der Waals surface area contributed by atoms with Crippen molar-refractivity contribution in [2.24, 2.45) is 0 Å². The fourth-order valence-corrected chi connectivity index (χ4v) is 3.95. The summed E-state index contributed by atoms with van der Waals surface area (Å²) in [4.78, 5) is 12.6. The van der Waals surface area contributed by atoms with Crippen LogP contribution in [0.2, 0.25) is 10.0 Å². The number of benzene rings is 2. The van der Waals surface area contributed by atoms with E-state index in [0.717, 1.165) is 18.4 Å². The second-order valence-electron chi connectivity index (χ2n) is 6.43. The van der Waals surface area contributed by atoms with E-state index >= 15 is 0 Å². The Bertz CT molecular complexity index is 788. The highest BCUT2D eigenvalue weighted by Gasteiger charge is 2.36. The van der Waals surface area contributed by atoms with Crippen molar-refractivity contribution in [1.29, 1.82) is 0 Å². The Morgan fingerprint density at radius 1 is 1.19 bits per heavy atom. The lowest BCUT2D eigenvalue weighted by Gasteiger charge is -2.38. The Kier molecular flexibility index (Phi) is 6.07. The van der Waals surface area contributed by atoms with Gasteiger partial charge in [-0.1, -0.05) is 35.3 Å². The van der Waals surface area contributed by atoms with Gasteiger partial charge in [-0.05, 0) is 48.7 Å². The molecule has 0 atom stereocenters. The van der Waals surface area contributed by atoms with Gasteiger partial charge in [0.25, 0.3) is 5.91 Å². The molecule has 3 rings (SSSR count). The molecule has 0 bridgehead atoms. The van der Waals surface area contributed by atoms with Crippen molar-refractivity contribution >= 4 is 29.1 Å². The third-order valence-corrected chi connectivity index (χ3v) is 5.42. The summed E-state index contributed by atoms with van der Waals surface area (Å²) in [5.41, 5.74) is 1.29. The molecule has 1 amide bonds. The standard InChI is InChI=1S/C20H21Cl2NO3/c1-25-16-4-2-3-14(11-16)19(24)23-13-20(7-9-26-10-8-20)17-6-5-15(21)12-18(17)22/h2-6,11-12H,7-10,13H2,1H3,(H,23,24). The van der Waals surface area contributed by atoms with Crippen molar-refractivity contribution in [2.75, 3.05) is 26.9 Å². The van der Waals surface area contributed by atoms with Gasteiger partial charge in [0.1, 0.15) is 5.75 Å². The molecule has 0 unspecified atom stereocenters. The molecule has 0 saturated carbocycles. The van der Waals surface area contributed by atoms with Gasteiger partial charge in [-0.15, -0.1) is 0 Å². The van der Waals surface area contributed by atoms with E-state index in [-0.39, 0.29) is 11.3 Å². The van der Waals surface area contributed by atoms with Crippen LogP contribution < -0.4 is 10.1 Å². The van der Waals surface area contributed by atoms with Crippen LogP contribution in [-0.4, -0.2) is 32.8 Å². The Balaban J connectivity index is 1.81. The maximum absolute atomic E-state index is 12.6. The van der Waals surface area contributed by atoms with Crippen LogP contribution in [0.1, 0.15) is 28.8 Å². The summed E-state index contributed by atoms with van der Waals surface area (Å²) >= 11 is 12.5. The second-order valence-corrected chi connectivity index (χ2v) is 7.28. The normalized spacial score (nSPS) is 16.1. The first-order valence-electron chi connectivity index (χ1n) is 8.50. The highest BCUT2D eigenvalue weighted by Crippen LogP contribution is 2.39. The van der Waals surface area contributed by atoms with Crippen LogP contribution in [0.5, 0.6) is 5.75 Å². The molecule has 26 heavy (non-hydrogen) atoms. The third kappa shape index (κ3) is 4.14. The predicted molar refractivity (Wildman–Crippen MR) is 104 cm³/mol. The van der Waals surface area contributed by atoms with Crippen LogP contribution in [0.4, 0.5) is 0 Å². The zero-order chi connectivity index (χ0) is 18.6. The van der Waals surface area contributed by atoms with E-state index < -0.39 is 0 Å². The first kappa shape index (κ1) is 19.0. The first-order valence-corrected chi connectivity index (χ1v) is 9.25. The van der Waals surface area contributed by atoms with E-state index in [1.807, 2.05) is 18.2 Å². The minimum absolute atomic E-state index is 0.139. The topological polar surface area (TPSA) is 47.6 Å². The third-order valence-electron chi connectivity index (χ3n) is 4.87. The number of halogens is 2. The summed E-state index contributed by atoms with van der Waals surface area (Å²) in [6, 6.07) is 12.6. The van der Waals surface area contributed by atoms with Crippen LogP contribution in [0.25, 0.3) is 0 Å². The molecule has 0 spiro atoms. The Morgan fingerprint density at radius 3 is 2.65 bits per heavy atom. The van der Waals surface area contributed by atoms with Crippen LogP contribution in [0, 0.1) is 0 Å². The van der Waals surface area contributed by atoms with Crippen molar-refractivity contribution in [1.82, 2.24) is 5.32 Å². The van der Waals surface area contributed by atoms with Crippen LogP contribution in [0.15, 0.2) is 42.5 Å². The van der Waals surface area contributed by atoms with E-state index in [2.05, 4.69) is 5.32 Å². The quantitative estimate of drug-likeness (QED) is 0.814. The van der Waals surface area contributed by atoms with Crippen molar-refractivity contribution < 1.29 is 14.3 Å². The van der Waals surface area contributed by atoms with Gasteiger partial charge < -0.3 is 14.8 Å². The number of carbonyl (C=O) groups is 1. The molecular formula is C20H21Cl2NO3. The molecule has 4 nitrogen and oxygen atoms in total. The zero-order valence-corrected chi connectivity index (χ0v) is 16.1. The average molecular weight is 394 g/mol. The maximum atomic E-state index is 12.6. The molecule has 0 aliphatic carbocycles. The fourth-order valence-electron chi connectivity index (χ4n) is 3.34. The number of rotatable bonds is 5. The van der Waals surface area contributed by atoms with Gasteiger partial charge >= 0.3 is 0 Å². The molecular weight excluding hydrogens is 373 g/mol. The molecule has 1 heterocycles. The Hall–Kier alpha value is -1.75. The van der Waals surface area contributed by atoms with Crippen molar-refractivity contribution in [3.05, 3.63) is 63.6 Å². The fraction of sp³-hybridized carbons (Fsp3) is 0.350. The lowest BCUT2D eigenvalue weighted by atomic mass is 9.74. The van der Waals surface area contributed by atoms with E-state index in [4.69, 9.17) is 32.7 Å². The van der Waals surface area contributed by atoms with E-state index in [9.17, 15) is 4.79 Å². The lowest BCUT2D eigenvalue weighted by Crippen LogP contribution is -2.44. The summed E-state index contributed by atoms with van der Waals surface area (Å²) in [5, 5.41) is 4.28. The molecule has 138 valence electrons. The Morgan fingerprint density at radius 2 is 1.96 bits per heavy atom. The highest BCUT2D eigenvalue weighted by molar-refractivity contribution is 6.35. The average Bonchev–Trinajstić information content (AvgIpc) is 2.67. The first-order chi connectivity index (χ1) is 12.5. The molecule has 0 aromatic heterocycles. The van der Waals surface area contributed by atoms with Crippen LogP contribution in [-0.2, 0) is 10.2 Å². The number of methoxy groups -OCH3 is 1. The molecule has 2 aromatic rings. The molecule has 6 heteroatoms. The molecule has 1 aliphatic rings. The van der Waals surface area contributed by atoms with Crippen molar-refractivity contribution in [2.45, 2.75) is 18.3 Å². The minimum atomic E-state index is -0.269. The summed E-state index contributed by atoms with van der Waals surface area (Å²) < 4.78 is 10.7. The van der Waals surface area contributed by atoms with E-state index in [0.29, 0.717) is 41.1 Å². The maximum Gasteiger partial charge on any atom is 0.251 e. The van der Waals surface area contributed by atoms with Gasteiger partial charge in [-0.25, -0.2) is 0 Å². The number of nitrogens with one attached hydrogen (secondary N) is 1. The lowest BCUT2D eigenvalue weighted by molar-refractivity contribution is 0.0487. The predicted octanol–water partition coefficient (Wildman–Crippen LogP) is 4.48. The Labute approximate surface area is 163 Å². The number of ether oxygens (including phenoxy) is 2. The zero-order valence-electron chi connectivity index (χ0n) is 14.6. The van der Waals surface area contributed by atoms with E-state index in [1.54, 1.807) is 31.4 Å². The molecule has 1 N–H and O–H groups in total. The second kappa shape index (κ2) is 8.30. The number of carbonyl (C=O) groups excluding carboxylic acids is 1. The van der Waals surface area contributed by atoms with Crippen molar-refractivity contribution in [3.63, 3.8) is 0 Å². The van der Waals surface area contributed by atoms with Gasteiger partial charge in [0, 0.05) is 40.8 Å². The van der Waals surface area contributed by atoms with Crippen LogP contribution in [0.3, 0.4) is 0 Å². The summed E-state index contributed by atoms with van der Waals surface area (Å²) in [6.45, 7) is 1.75. The molecule has 2 aromatic carbocycles. The summed E-state index contributed by atoms with van der Waals surface area (Å²) in [7, 11) is 1.58. The van der Waals surface area contributed by atoms with Gasteiger partial charge in [0.15, 0.2) is 0 Å². The molecule has 1 saturated heterocycles. The number of amides is 1. The smallest absolute Gasteiger partial charge is 0.251 e. The molecule has 1 fully saturated rings. The SMILES string of the molecule is COc1cccc(C(=O)NCC2(c3ccc(Cl)cc3Cl)CCOCC2)c1. The van der Waals surface area contributed by atoms with E-state index in [1.165, 1.54) is 0 Å². The summed E-state index contributed by atoms with van der Waals surface area (Å²) in [5.74, 6) is 0.513. The van der Waals surface area contributed by atoms with Gasteiger partial charge in [-0.3, -0.25) is 4.79 Å². The number of hydrogen-bond donors (Lipinski definition) is 1. The molecule has 1 aliphatic heterocycles. The molecule has 0 radical (unpaired) electrons. The minimum Gasteiger partial charge on any atom is -0.497 e. The largest absolute Gasteiger partial charge is 0.497 e. The summed E-state index contributed by atoms with van der Waals surface area (Å²) in [6.07, 6.45) is 1.57. The van der Waals surface area contributed by atoms with Gasteiger partial charge in [0.2, 0.25) is 0 Å². The monoisotopic (exact) mass is 393 g/mol. The van der Waals surface area contributed by atoms with Gasteiger partial charge in [-0.2, -0.15) is 0 Å². The van der Waals surface area contributed by atoms with Crippen LogP contribution >= 0.6 is 23.2 Å².